The highest BCUT2D eigenvalue weighted by atomic mass is 127. The van der Waals surface area contributed by atoms with Crippen LogP contribution in [-0.4, -0.2) is 37.2 Å². The monoisotopic (exact) mass is 499 g/mol. The van der Waals surface area contributed by atoms with Crippen molar-refractivity contribution in [2.75, 3.05) is 20.1 Å². The first-order chi connectivity index (χ1) is 13.2. The van der Waals surface area contributed by atoms with E-state index < -0.39 is 0 Å². The molecule has 0 spiro atoms. The SMILES string of the molecule is CCc1noc(CC)c1CNC(=NC)NCCCNC(=O)c1ccccc1.I. The number of aromatic nitrogens is 1. The van der Waals surface area contributed by atoms with Gasteiger partial charge < -0.3 is 20.5 Å². The summed E-state index contributed by atoms with van der Waals surface area (Å²) in [4.78, 5) is 16.2. The van der Waals surface area contributed by atoms with E-state index in [-0.39, 0.29) is 29.9 Å². The molecule has 3 N–H and O–H groups in total. The molecule has 7 nitrogen and oxygen atoms in total. The Bertz CT molecular complexity index is 725. The average Bonchev–Trinajstić information content (AvgIpc) is 3.12. The molecule has 1 aromatic carbocycles. The Labute approximate surface area is 183 Å². The van der Waals surface area contributed by atoms with Gasteiger partial charge in [-0.05, 0) is 25.0 Å². The molecule has 0 saturated carbocycles. The fourth-order valence-corrected chi connectivity index (χ4v) is 2.72. The predicted octanol–water partition coefficient (Wildman–Crippen LogP) is 2.90. The van der Waals surface area contributed by atoms with Gasteiger partial charge in [0.15, 0.2) is 5.96 Å². The third-order valence-electron chi connectivity index (χ3n) is 4.23. The Morgan fingerprint density at radius 3 is 2.43 bits per heavy atom. The fourth-order valence-electron chi connectivity index (χ4n) is 2.72. The van der Waals surface area contributed by atoms with E-state index in [1.165, 1.54) is 0 Å². The number of halogens is 1. The molecule has 154 valence electrons. The molecule has 0 radical (unpaired) electrons. The molecule has 2 rings (SSSR count). The summed E-state index contributed by atoms with van der Waals surface area (Å²) >= 11 is 0. The molecule has 0 atom stereocenters. The number of guanidine groups is 1. The van der Waals surface area contributed by atoms with Crippen molar-refractivity contribution in [3.63, 3.8) is 0 Å². The summed E-state index contributed by atoms with van der Waals surface area (Å²) in [5.74, 6) is 1.58. The van der Waals surface area contributed by atoms with E-state index in [9.17, 15) is 4.79 Å². The van der Waals surface area contributed by atoms with E-state index in [2.05, 4.69) is 39.9 Å². The zero-order valence-electron chi connectivity index (χ0n) is 16.7. The molecule has 0 aliphatic rings. The van der Waals surface area contributed by atoms with Gasteiger partial charge in [0.1, 0.15) is 5.76 Å². The van der Waals surface area contributed by atoms with Crippen molar-refractivity contribution >= 4 is 35.8 Å². The molecule has 1 amide bonds. The molecule has 0 aliphatic heterocycles. The molecule has 8 heteroatoms. The molecule has 1 aromatic heterocycles. The third kappa shape index (κ3) is 7.14. The van der Waals surface area contributed by atoms with Crippen molar-refractivity contribution < 1.29 is 9.32 Å². The van der Waals surface area contributed by atoms with Crippen LogP contribution in [0.15, 0.2) is 39.8 Å². The van der Waals surface area contributed by atoms with Crippen LogP contribution >= 0.6 is 24.0 Å². The number of nitrogens with zero attached hydrogens (tertiary/aromatic N) is 2. The van der Waals surface area contributed by atoms with Crippen LogP contribution in [0.2, 0.25) is 0 Å². The zero-order valence-corrected chi connectivity index (χ0v) is 19.1. The highest BCUT2D eigenvalue weighted by molar-refractivity contribution is 14.0. The lowest BCUT2D eigenvalue weighted by Gasteiger charge is -2.12. The number of hydrogen-bond donors (Lipinski definition) is 3. The summed E-state index contributed by atoms with van der Waals surface area (Å²) in [5, 5.41) is 13.6. The van der Waals surface area contributed by atoms with Gasteiger partial charge in [-0.25, -0.2) is 0 Å². The van der Waals surface area contributed by atoms with Crippen molar-refractivity contribution in [1.82, 2.24) is 21.1 Å². The second kappa shape index (κ2) is 13.1. The van der Waals surface area contributed by atoms with Gasteiger partial charge in [0, 0.05) is 44.2 Å². The molecule has 0 aliphatic carbocycles. The number of hydrogen-bond acceptors (Lipinski definition) is 4. The maximum atomic E-state index is 12.0. The minimum Gasteiger partial charge on any atom is -0.361 e. The maximum absolute atomic E-state index is 12.0. The van der Waals surface area contributed by atoms with Crippen LogP contribution in [0.1, 0.15) is 47.6 Å². The quantitative estimate of drug-likeness (QED) is 0.214. The number of amides is 1. The van der Waals surface area contributed by atoms with E-state index in [0.717, 1.165) is 42.2 Å². The minimum atomic E-state index is -0.0512. The van der Waals surface area contributed by atoms with Gasteiger partial charge in [0.25, 0.3) is 5.91 Å². The van der Waals surface area contributed by atoms with Crippen LogP contribution in [0.4, 0.5) is 0 Å². The number of carbonyl (C=O) groups excluding carboxylic acids is 1. The fraction of sp³-hybridized carbons (Fsp3) is 0.450. The molecular weight excluding hydrogens is 469 g/mol. The van der Waals surface area contributed by atoms with Gasteiger partial charge in [-0.1, -0.05) is 37.2 Å². The maximum Gasteiger partial charge on any atom is 0.251 e. The second-order valence-electron chi connectivity index (χ2n) is 6.07. The summed E-state index contributed by atoms with van der Waals surface area (Å²) in [6.07, 6.45) is 2.46. The van der Waals surface area contributed by atoms with Crippen molar-refractivity contribution in [1.29, 1.82) is 0 Å². The van der Waals surface area contributed by atoms with Crippen LogP contribution in [0.25, 0.3) is 0 Å². The summed E-state index contributed by atoms with van der Waals surface area (Å²) in [6, 6.07) is 9.22. The second-order valence-corrected chi connectivity index (χ2v) is 6.07. The Balaban J connectivity index is 0.00000392. The molecule has 0 unspecified atom stereocenters. The van der Waals surface area contributed by atoms with E-state index in [4.69, 9.17) is 4.52 Å². The smallest absolute Gasteiger partial charge is 0.251 e. The highest BCUT2D eigenvalue weighted by Gasteiger charge is 2.13. The molecule has 1 heterocycles. The van der Waals surface area contributed by atoms with Crippen LogP contribution in [0, 0.1) is 0 Å². The predicted molar refractivity (Wildman–Crippen MR) is 122 cm³/mol. The van der Waals surface area contributed by atoms with Crippen LogP contribution < -0.4 is 16.0 Å². The summed E-state index contributed by atoms with van der Waals surface area (Å²) in [7, 11) is 1.74. The first-order valence-electron chi connectivity index (χ1n) is 9.43. The van der Waals surface area contributed by atoms with Crippen LogP contribution in [0.3, 0.4) is 0 Å². The van der Waals surface area contributed by atoms with Gasteiger partial charge in [-0.15, -0.1) is 24.0 Å². The normalized spacial score (nSPS) is 10.9. The Morgan fingerprint density at radius 1 is 1.07 bits per heavy atom. The lowest BCUT2D eigenvalue weighted by atomic mass is 10.1. The Kier molecular flexibility index (Phi) is 11.2. The summed E-state index contributed by atoms with van der Waals surface area (Å²) < 4.78 is 5.38. The lowest BCUT2D eigenvalue weighted by molar-refractivity contribution is 0.0953. The van der Waals surface area contributed by atoms with Crippen molar-refractivity contribution in [3.05, 3.63) is 52.9 Å². The number of aryl methyl sites for hydroxylation is 2. The molecule has 28 heavy (non-hydrogen) atoms. The van der Waals surface area contributed by atoms with Crippen molar-refractivity contribution in [2.24, 2.45) is 4.99 Å². The number of benzene rings is 1. The van der Waals surface area contributed by atoms with Crippen LogP contribution in [-0.2, 0) is 19.4 Å². The summed E-state index contributed by atoms with van der Waals surface area (Å²) in [5.41, 5.74) is 2.77. The van der Waals surface area contributed by atoms with E-state index in [0.29, 0.717) is 25.2 Å². The standard InChI is InChI=1S/C20H29N5O2.HI/c1-4-17-16(18(5-2)27-25-17)14-24-20(21-3)23-13-9-12-22-19(26)15-10-7-6-8-11-15;/h6-8,10-11H,4-5,9,12-14H2,1-3H3,(H,22,26)(H2,21,23,24);1H. The number of rotatable bonds is 9. The van der Waals surface area contributed by atoms with Crippen molar-refractivity contribution in [3.8, 4) is 0 Å². The molecule has 2 aromatic rings. The number of aliphatic imine (C=N–C) groups is 1. The third-order valence-corrected chi connectivity index (χ3v) is 4.23. The topological polar surface area (TPSA) is 91.6 Å². The van der Waals surface area contributed by atoms with E-state index >= 15 is 0 Å². The summed E-state index contributed by atoms with van der Waals surface area (Å²) in [6.45, 7) is 6.06. The molecule has 0 fully saturated rings. The zero-order chi connectivity index (χ0) is 19.5. The van der Waals surface area contributed by atoms with E-state index in [1.54, 1.807) is 19.2 Å². The first-order valence-corrected chi connectivity index (χ1v) is 9.43. The number of carbonyl (C=O) groups is 1. The Morgan fingerprint density at radius 2 is 1.79 bits per heavy atom. The van der Waals surface area contributed by atoms with Crippen molar-refractivity contribution in [2.45, 2.75) is 39.7 Å². The Hall–Kier alpha value is -2.10. The van der Waals surface area contributed by atoms with Crippen LogP contribution in [0.5, 0.6) is 0 Å². The van der Waals surface area contributed by atoms with Gasteiger partial charge in [0.2, 0.25) is 0 Å². The molecule has 0 bridgehead atoms. The average molecular weight is 499 g/mol. The van der Waals surface area contributed by atoms with Gasteiger partial charge in [-0.2, -0.15) is 0 Å². The van der Waals surface area contributed by atoms with E-state index in [1.807, 2.05) is 18.2 Å². The van der Waals surface area contributed by atoms with Gasteiger partial charge in [0.05, 0.1) is 5.69 Å². The minimum absolute atomic E-state index is 0. The van der Waals surface area contributed by atoms with Gasteiger partial charge >= 0.3 is 0 Å². The van der Waals surface area contributed by atoms with Gasteiger partial charge in [-0.3, -0.25) is 9.79 Å². The molecular formula is C20H30IN5O2. The lowest BCUT2D eigenvalue weighted by Crippen LogP contribution is -2.38. The number of nitrogens with one attached hydrogen (secondary N) is 3. The first kappa shape index (κ1) is 23.9. The highest BCUT2D eigenvalue weighted by Crippen LogP contribution is 2.15. The largest absolute Gasteiger partial charge is 0.361 e. The molecule has 0 saturated heterocycles.